The molecule has 0 saturated carbocycles. The number of hydrogen-bond donors (Lipinski definition) is 3. The van der Waals surface area contributed by atoms with E-state index in [9.17, 15) is 5.11 Å². The van der Waals surface area contributed by atoms with Crippen molar-refractivity contribution in [3.05, 3.63) is 66.1 Å². The fraction of sp³-hybridized carbons (Fsp3) is 0.238. The minimum absolute atomic E-state index is 0.222. The van der Waals surface area contributed by atoms with Crippen molar-refractivity contribution in [1.29, 1.82) is 0 Å². The van der Waals surface area contributed by atoms with E-state index >= 15 is 0 Å². The summed E-state index contributed by atoms with van der Waals surface area (Å²) in [6.07, 6.45) is 2.29. The van der Waals surface area contributed by atoms with Gasteiger partial charge in [0.1, 0.15) is 17.8 Å². The summed E-state index contributed by atoms with van der Waals surface area (Å²) in [5.74, 6) is 2.10. The van der Waals surface area contributed by atoms with Gasteiger partial charge in [0.05, 0.1) is 19.3 Å². The first kappa shape index (κ1) is 19.3. The van der Waals surface area contributed by atoms with E-state index in [1.807, 2.05) is 42.5 Å². The largest absolute Gasteiger partial charge is 0.508 e. The SMILES string of the molecule is CN=C(NCCc1ccc(OC)cc1O)NCc1coc(-c2ccccc2)n1. The molecule has 0 unspecified atom stereocenters. The summed E-state index contributed by atoms with van der Waals surface area (Å²) in [4.78, 5) is 8.69. The first-order valence-corrected chi connectivity index (χ1v) is 9.00. The molecule has 0 bridgehead atoms. The molecule has 0 spiro atoms. The van der Waals surface area contributed by atoms with Gasteiger partial charge in [0, 0.05) is 25.2 Å². The topological polar surface area (TPSA) is 91.9 Å². The maximum Gasteiger partial charge on any atom is 0.226 e. The van der Waals surface area contributed by atoms with Gasteiger partial charge in [-0.25, -0.2) is 4.98 Å². The quantitative estimate of drug-likeness (QED) is 0.431. The third kappa shape index (κ3) is 5.03. The van der Waals surface area contributed by atoms with Crippen LogP contribution in [0.15, 0.2) is 64.2 Å². The first-order valence-electron chi connectivity index (χ1n) is 9.00. The monoisotopic (exact) mass is 380 g/mol. The normalized spacial score (nSPS) is 11.3. The predicted octanol–water partition coefficient (Wildman–Crippen LogP) is 2.96. The van der Waals surface area contributed by atoms with Gasteiger partial charge in [0.2, 0.25) is 5.89 Å². The Morgan fingerprint density at radius 2 is 2.00 bits per heavy atom. The van der Waals surface area contributed by atoms with Crippen LogP contribution in [0, 0.1) is 0 Å². The van der Waals surface area contributed by atoms with E-state index in [1.54, 1.807) is 26.5 Å². The van der Waals surface area contributed by atoms with Crippen molar-refractivity contribution in [3.63, 3.8) is 0 Å². The van der Waals surface area contributed by atoms with Crippen molar-refractivity contribution in [2.45, 2.75) is 13.0 Å². The summed E-state index contributed by atoms with van der Waals surface area (Å²) in [6, 6.07) is 15.1. The number of nitrogens with zero attached hydrogens (tertiary/aromatic N) is 2. The molecular weight excluding hydrogens is 356 g/mol. The molecular formula is C21H24N4O3. The fourth-order valence-corrected chi connectivity index (χ4v) is 2.69. The van der Waals surface area contributed by atoms with E-state index in [-0.39, 0.29) is 5.75 Å². The van der Waals surface area contributed by atoms with Crippen LogP contribution in [0.2, 0.25) is 0 Å². The molecule has 7 heteroatoms. The van der Waals surface area contributed by atoms with Crippen LogP contribution >= 0.6 is 0 Å². The lowest BCUT2D eigenvalue weighted by atomic mass is 10.1. The van der Waals surface area contributed by atoms with E-state index in [0.717, 1.165) is 16.8 Å². The van der Waals surface area contributed by atoms with E-state index in [0.29, 0.717) is 37.1 Å². The van der Waals surface area contributed by atoms with Gasteiger partial charge in [-0.3, -0.25) is 4.99 Å². The Labute approximate surface area is 164 Å². The Hall–Kier alpha value is -3.48. The smallest absolute Gasteiger partial charge is 0.226 e. The molecule has 7 nitrogen and oxygen atoms in total. The Morgan fingerprint density at radius 1 is 1.18 bits per heavy atom. The number of phenolic OH excluding ortho intramolecular Hbond substituents is 1. The third-order valence-corrected chi connectivity index (χ3v) is 4.21. The Morgan fingerprint density at radius 3 is 2.71 bits per heavy atom. The van der Waals surface area contributed by atoms with Crippen LogP contribution in [0.5, 0.6) is 11.5 Å². The summed E-state index contributed by atoms with van der Waals surface area (Å²) < 4.78 is 10.6. The molecule has 28 heavy (non-hydrogen) atoms. The van der Waals surface area contributed by atoms with Crippen molar-refractivity contribution < 1.29 is 14.3 Å². The lowest BCUT2D eigenvalue weighted by molar-refractivity contribution is 0.406. The van der Waals surface area contributed by atoms with Crippen molar-refractivity contribution in [2.75, 3.05) is 20.7 Å². The summed E-state index contributed by atoms with van der Waals surface area (Å²) in [7, 11) is 3.28. The number of aromatic hydroxyl groups is 1. The highest BCUT2D eigenvalue weighted by molar-refractivity contribution is 5.79. The average molecular weight is 380 g/mol. The highest BCUT2D eigenvalue weighted by atomic mass is 16.5. The lowest BCUT2D eigenvalue weighted by Gasteiger charge is -2.11. The number of methoxy groups -OCH3 is 1. The minimum atomic E-state index is 0.222. The molecule has 0 amide bonds. The summed E-state index contributed by atoms with van der Waals surface area (Å²) in [6.45, 7) is 1.11. The number of aromatic nitrogens is 1. The van der Waals surface area contributed by atoms with Gasteiger partial charge in [-0.2, -0.15) is 0 Å². The van der Waals surface area contributed by atoms with Crippen molar-refractivity contribution in [1.82, 2.24) is 15.6 Å². The number of phenols is 1. The van der Waals surface area contributed by atoms with Crippen LogP contribution in [0.3, 0.4) is 0 Å². The zero-order valence-corrected chi connectivity index (χ0v) is 16.0. The molecule has 0 aliphatic carbocycles. The summed E-state index contributed by atoms with van der Waals surface area (Å²) in [5, 5.41) is 16.4. The van der Waals surface area contributed by atoms with Crippen molar-refractivity contribution >= 4 is 5.96 Å². The molecule has 1 aromatic heterocycles. The van der Waals surface area contributed by atoms with Crippen molar-refractivity contribution in [3.8, 4) is 23.0 Å². The maximum atomic E-state index is 10.0. The number of ether oxygens (including phenoxy) is 1. The molecule has 0 fully saturated rings. The van der Waals surface area contributed by atoms with Crippen LogP contribution in [0.25, 0.3) is 11.5 Å². The zero-order valence-electron chi connectivity index (χ0n) is 16.0. The first-order chi connectivity index (χ1) is 13.7. The molecule has 3 aromatic rings. The van der Waals surface area contributed by atoms with E-state index in [2.05, 4.69) is 20.6 Å². The van der Waals surface area contributed by atoms with Crippen LogP contribution in [-0.2, 0) is 13.0 Å². The van der Waals surface area contributed by atoms with Gasteiger partial charge in [0.15, 0.2) is 5.96 Å². The van der Waals surface area contributed by atoms with Gasteiger partial charge >= 0.3 is 0 Å². The second-order valence-corrected chi connectivity index (χ2v) is 6.11. The number of rotatable bonds is 7. The average Bonchev–Trinajstić information content (AvgIpc) is 3.21. The molecule has 0 saturated heterocycles. The molecule has 2 aromatic carbocycles. The molecule has 1 heterocycles. The maximum absolute atomic E-state index is 10.0. The molecule has 3 N–H and O–H groups in total. The predicted molar refractivity (Wildman–Crippen MR) is 109 cm³/mol. The number of nitrogens with one attached hydrogen (secondary N) is 2. The van der Waals surface area contributed by atoms with Crippen LogP contribution in [0.1, 0.15) is 11.3 Å². The van der Waals surface area contributed by atoms with Crippen molar-refractivity contribution in [2.24, 2.45) is 4.99 Å². The van der Waals surface area contributed by atoms with E-state index in [4.69, 9.17) is 9.15 Å². The highest BCUT2D eigenvalue weighted by Crippen LogP contribution is 2.23. The van der Waals surface area contributed by atoms with Gasteiger partial charge in [-0.1, -0.05) is 24.3 Å². The van der Waals surface area contributed by atoms with Gasteiger partial charge < -0.3 is 24.9 Å². The fourth-order valence-electron chi connectivity index (χ4n) is 2.69. The number of oxazole rings is 1. The van der Waals surface area contributed by atoms with Gasteiger partial charge in [0.25, 0.3) is 0 Å². The number of guanidine groups is 1. The molecule has 146 valence electrons. The Bertz CT molecular complexity index is 922. The second kappa shape index (κ2) is 9.45. The highest BCUT2D eigenvalue weighted by Gasteiger charge is 2.07. The molecule has 0 aliphatic rings. The Balaban J connectivity index is 1.48. The van der Waals surface area contributed by atoms with Gasteiger partial charge in [-0.05, 0) is 30.2 Å². The standard InChI is InChI=1S/C21H24N4O3/c1-22-21(23-11-10-15-8-9-18(27-2)12-19(15)26)24-13-17-14-28-20(25-17)16-6-4-3-5-7-16/h3-9,12,14,26H,10-11,13H2,1-2H3,(H2,22,23,24). The number of aliphatic imine (C=N–C) groups is 1. The number of benzene rings is 2. The van der Waals surface area contributed by atoms with E-state index in [1.165, 1.54) is 0 Å². The zero-order chi connectivity index (χ0) is 19.8. The molecule has 3 rings (SSSR count). The molecule has 0 radical (unpaired) electrons. The Kier molecular flexibility index (Phi) is 6.51. The molecule has 0 aliphatic heterocycles. The van der Waals surface area contributed by atoms with E-state index < -0.39 is 0 Å². The van der Waals surface area contributed by atoms with Gasteiger partial charge in [-0.15, -0.1) is 0 Å². The minimum Gasteiger partial charge on any atom is -0.508 e. The summed E-state index contributed by atoms with van der Waals surface area (Å²) >= 11 is 0. The van der Waals surface area contributed by atoms with Crippen LogP contribution in [0.4, 0.5) is 0 Å². The lowest BCUT2D eigenvalue weighted by Crippen LogP contribution is -2.37. The number of hydrogen-bond acceptors (Lipinski definition) is 5. The summed E-state index contributed by atoms with van der Waals surface area (Å²) in [5.41, 5.74) is 2.57. The van der Waals surface area contributed by atoms with Crippen LogP contribution in [-0.4, -0.2) is 36.8 Å². The molecule has 0 atom stereocenters. The van der Waals surface area contributed by atoms with Crippen LogP contribution < -0.4 is 15.4 Å². The third-order valence-electron chi connectivity index (χ3n) is 4.21. The second-order valence-electron chi connectivity index (χ2n) is 6.11.